The first-order valence-corrected chi connectivity index (χ1v) is 6.22. The van der Waals surface area contributed by atoms with E-state index in [1.54, 1.807) is 0 Å². The minimum absolute atomic E-state index is 0.195. The second kappa shape index (κ2) is 5.35. The number of aromatic amines is 1. The second-order valence-corrected chi connectivity index (χ2v) is 5.04. The van der Waals surface area contributed by atoms with Gasteiger partial charge < -0.3 is 5.11 Å². The van der Waals surface area contributed by atoms with Gasteiger partial charge in [-0.05, 0) is 14.0 Å². The molecule has 0 radical (unpaired) electrons. The van der Waals surface area contributed by atoms with Gasteiger partial charge in [0.2, 0.25) is 0 Å². The summed E-state index contributed by atoms with van der Waals surface area (Å²) in [7, 11) is 2.05. The van der Waals surface area contributed by atoms with Crippen molar-refractivity contribution in [3.05, 3.63) is 16.4 Å². The second-order valence-electron chi connectivity index (χ2n) is 4.66. The van der Waals surface area contributed by atoms with Gasteiger partial charge in [0.05, 0.1) is 23.0 Å². The fourth-order valence-electron chi connectivity index (χ4n) is 2.13. The molecule has 0 saturated carbocycles. The van der Waals surface area contributed by atoms with Crippen LogP contribution in [0.3, 0.4) is 0 Å². The SMILES string of the molecule is Cc1[nH]nc(CN2CCN(C)C(CO)C2)c1Cl. The Morgan fingerprint density at radius 2 is 2.29 bits per heavy atom. The topological polar surface area (TPSA) is 55.4 Å². The zero-order valence-corrected chi connectivity index (χ0v) is 11.0. The van der Waals surface area contributed by atoms with Crippen LogP contribution >= 0.6 is 11.6 Å². The third kappa shape index (κ3) is 2.80. The molecule has 1 unspecified atom stereocenters. The first kappa shape index (κ1) is 12.8. The highest BCUT2D eigenvalue weighted by Gasteiger charge is 2.24. The van der Waals surface area contributed by atoms with Crippen LogP contribution in [0.2, 0.25) is 5.02 Å². The van der Waals surface area contributed by atoms with E-state index in [2.05, 4.69) is 20.0 Å². The van der Waals surface area contributed by atoms with Gasteiger partial charge in [-0.3, -0.25) is 14.9 Å². The molecule has 1 atom stereocenters. The van der Waals surface area contributed by atoms with Crippen LogP contribution in [0, 0.1) is 6.92 Å². The van der Waals surface area contributed by atoms with E-state index >= 15 is 0 Å². The highest BCUT2D eigenvalue weighted by molar-refractivity contribution is 6.31. The molecule has 1 aliphatic rings. The molecule has 2 N–H and O–H groups in total. The van der Waals surface area contributed by atoms with Crippen molar-refractivity contribution in [3.8, 4) is 0 Å². The summed E-state index contributed by atoms with van der Waals surface area (Å²) in [6.07, 6.45) is 0. The van der Waals surface area contributed by atoms with Crippen molar-refractivity contribution in [2.24, 2.45) is 0 Å². The molecule has 6 heteroatoms. The van der Waals surface area contributed by atoms with E-state index in [1.165, 1.54) is 0 Å². The number of H-pyrrole nitrogens is 1. The van der Waals surface area contributed by atoms with Crippen LogP contribution in [0.1, 0.15) is 11.4 Å². The summed E-state index contributed by atoms with van der Waals surface area (Å²) in [5.74, 6) is 0. The van der Waals surface area contributed by atoms with Crippen molar-refractivity contribution in [1.82, 2.24) is 20.0 Å². The highest BCUT2D eigenvalue weighted by atomic mass is 35.5. The number of piperazine rings is 1. The summed E-state index contributed by atoms with van der Waals surface area (Å²) in [4.78, 5) is 4.47. The van der Waals surface area contributed by atoms with Crippen LogP contribution in [-0.2, 0) is 6.54 Å². The number of aliphatic hydroxyl groups excluding tert-OH is 1. The van der Waals surface area contributed by atoms with Gasteiger partial charge in [-0.25, -0.2) is 0 Å². The Morgan fingerprint density at radius 3 is 2.88 bits per heavy atom. The lowest BCUT2D eigenvalue weighted by Crippen LogP contribution is -2.52. The number of rotatable bonds is 3. The number of aromatic nitrogens is 2. The average molecular weight is 259 g/mol. The fourth-order valence-corrected chi connectivity index (χ4v) is 2.28. The van der Waals surface area contributed by atoms with Crippen molar-refractivity contribution in [3.63, 3.8) is 0 Å². The average Bonchev–Trinajstić information content (AvgIpc) is 2.63. The zero-order chi connectivity index (χ0) is 12.4. The van der Waals surface area contributed by atoms with Crippen LogP contribution in [-0.4, -0.2) is 64.4 Å². The molecule has 0 aromatic carbocycles. The minimum atomic E-state index is 0.195. The molecule has 0 bridgehead atoms. The third-order valence-corrected chi connectivity index (χ3v) is 3.89. The molecule has 1 aliphatic heterocycles. The van der Waals surface area contributed by atoms with Gasteiger partial charge in [0, 0.05) is 32.2 Å². The van der Waals surface area contributed by atoms with E-state index in [4.69, 9.17) is 11.6 Å². The van der Waals surface area contributed by atoms with Gasteiger partial charge in [0.25, 0.3) is 0 Å². The van der Waals surface area contributed by atoms with Crippen molar-refractivity contribution >= 4 is 11.6 Å². The summed E-state index contributed by atoms with van der Waals surface area (Å²) >= 11 is 6.15. The number of nitrogens with one attached hydrogen (secondary N) is 1. The number of aryl methyl sites for hydroxylation is 1. The predicted octanol–water partition coefficient (Wildman–Crippen LogP) is 0.480. The lowest BCUT2D eigenvalue weighted by molar-refractivity contribution is 0.0534. The van der Waals surface area contributed by atoms with Gasteiger partial charge in [-0.1, -0.05) is 11.6 Å². The van der Waals surface area contributed by atoms with Crippen LogP contribution in [0.4, 0.5) is 0 Å². The Bertz CT molecular complexity index is 382. The summed E-state index contributed by atoms with van der Waals surface area (Å²) in [6, 6.07) is 0.211. The molecule has 96 valence electrons. The summed E-state index contributed by atoms with van der Waals surface area (Å²) in [5, 5.41) is 17.1. The van der Waals surface area contributed by atoms with Gasteiger partial charge in [-0.2, -0.15) is 5.10 Å². The molecule has 1 saturated heterocycles. The quantitative estimate of drug-likeness (QED) is 0.828. The van der Waals surface area contributed by atoms with Crippen LogP contribution in [0.25, 0.3) is 0 Å². The van der Waals surface area contributed by atoms with Crippen molar-refractivity contribution in [1.29, 1.82) is 0 Å². The fraction of sp³-hybridized carbons (Fsp3) is 0.727. The number of nitrogens with zero attached hydrogens (tertiary/aromatic N) is 3. The molecular weight excluding hydrogens is 240 g/mol. The number of hydrogen-bond donors (Lipinski definition) is 2. The molecule has 0 amide bonds. The number of halogens is 1. The highest BCUT2D eigenvalue weighted by Crippen LogP contribution is 2.20. The number of aliphatic hydroxyl groups is 1. The molecule has 2 rings (SSSR count). The molecule has 1 aromatic rings. The van der Waals surface area contributed by atoms with Crippen LogP contribution in [0.5, 0.6) is 0 Å². The monoisotopic (exact) mass is 258 g/mol. The Balaban J connectivity index is 1.98. The predicted molar refractivity (Wildman–Crippen MR) is 67.1 cm³/mol. The summed E-state index contributed by atoms with van der Waals surface area (Å²) < 4.78 is 0. The molecule has 5 nitrogen and oxygen atoms in total. The van der Waals surface area contributed by atoms with E-state index in [-0.39, 0.29) is 12.6 Å². The minimum Gasteiger partial charge on any atom is -0.395 e. The van der Waals surface area contributed by atoms with Crippen molar-refractivity contribution < 1.29 is 5.11 Å². The zero-order valence-electron chi connectivity index (χ0n) is 10.3. The Labute approximate surface area is 106 Å². The lowest BCUT2D eigenvalue weighted by Gasteiger charge is -2.38. The van der Waals surface area contributed by atoms with Gasteiger partial charge >= 0.3 is 0 Å². The molecule has 0 spiro atoms. The summed E-state index contributed by atoms with van der Waals surface area (Å²) in [5.41, 5.74) is 1.81. The van der Waals surface area contributed by atoms with E-state index in [1.807, 2.05) is 14.0 Å². The maximum absolute atomic E-state index is 9.29. The maximum atomic E-state index is 9.29. The van der Waals surface area contributed by atoms with E-state index < -0.39 is 0 Å². The Kier molecular flexibility index (Phi) is 4.04. The molecule has 0 aliphatic carbocycles. The van der Waals surface area contributed by atoms with Crippen molar-refractivity contribution in [2.75, 3.05) is 33.3 Å². The smallest absolute Gasteiger partial charge is 0.0951 e. The number of hydrogen-bond acceptors (Lipinski definition) is 4. The first-order chi connectivity index (χ1) is 8.11. The maximum Gasteiger partial charge on any atom is 0.0951 e. The van der Waals surface area contributed by atoms with Gasteiger partial charge in [0.1, 0.15) is 0 Å². The normalized spacial score (nSPS) is 23.2. The van der Waals surface area contributed by atoms with Crippen LogP contribution < -0.4 is 0 Å². The summed E-state index contributed by atoms with van der Waals surface area (Å²) in [6.45, 7) is 5.66. The molecule has 1 aromatic heterocycles. The largest absolute Gasteiger partial charge is 0.395 e. The standard InChI is InChI=1S/C11H19ClN4O/c1-8-11(12)10(14-13-8)6-16-4-3-15(2)9(5-16)7-17/h9,17H,3-7H2,1-2H3,(H,13,14). The molecular formula is C11H19ClN4O. The number of likely N-dealkylation sites (N-methyl/N-ethyl adjacent to an activating group) is 1. The molecule has 2 heterocycles. The van der Waals surface area contributed by atoms with Gasteiger partial charge in [-0.15, -0.1) is 0 Å². The lowest BCUT2D eigenvalue weighted by atomic mass is 10.2. The molecule has 17 heavy (non-hydrogen) atoms. The first-order valence-electron chi connectivity index (χ1n) is 5.84. The van der Waals surface area contributed by atoms with E-state index in [0.717, 1.165) is 42.6 Å². The van der Waals surface area contributed by atoms with Crippen LogP contribution in [0.15, 0.2) is 0 Å². The van der Waals surface area contributed by atoms with Crippen molar-refractivity contribution in [2.45, 2.75) is 19.5 Å². The Hall–Kier alpha value is -0.620. The van der Waals surface area contributed by atoms with E-state index in [9.17, 15) is 5.11 Å². The Morgan fingerprint density at radius 1 is 1.53 bits per heavy atom. The third-order valence-electron chi connectivity index (χ3n) is 3.39. The van der Waals surface area contributed by atoms with E-state index in [0.29, 0.717) is 0 Å². The molecule has 1 fully saturated rings. The van der Waals surface area contributed by atoms with Gasteiger partial charge in [0.15, 0.2) is 0 Å².